The summed E-state index contributed by atoms with van der Waals surface area (Å²) in [4.78, 5) is 17.1. The second-order valence-corrected chi connectivity index (χ2v) is 7.28. The minimum atomic E-state index is -0.0116. The van der Waals surface area contributed by atoms with Crippen molar-refractivity contribution < 1.29 is 9.53 Å². The van der Waals surface area contributed by atoms with Crippen LogP contribution in [-0.2, 0) is 18.2 Å². The minimum Gasteiger partial charge on any atom is -0.384 e. The fourth-order valence-corrected chi connectivity index (χ4v) is 3.83. The van der Waals surface area contributed by atoms with E-state index in [0.717, 1.165) is 44.0 Å². The Bertz CT molecular complexity index is 568. The fourth-order valence-electron chi connectivity index (χ4n) is 3.83. The Morgan fingerprint density at radius 3 is 2.88 bits per heavy atom. The van der Waals surface area contributed by atoms with Gasteiger partial charge in [0.25, 0.3) is 0 Å². The van der Waals surface area contributed by atoms with Gasteiger partial charge in [-0.05, 0) is 38.3 Å². The van der Waals surface area contributed by atoms with Gasteiger partial charge < -0.3 is 14.5 Å². The number of amides is 2. The summed E-state index contributed by atoms with van der Waals surface area (Å²) >= 11 is 0. The maximum atomic E-state index is 12.6. The number of ether oxygens (including phenoxy) is 1. The summed E-state index contributed by atoms with van der Waals surface area (Å²) in [6, 6.07) is 1.92. The molecule has 1 unspecified atom stereocenters. The number of anilines is 1. The van der Waals surface area contributed by atoms with Gasteiger partial charge in [-0.3, -0.25) is 10.00 Å². The van der Waals surface area contributed by atoms with E-state index in [1.165, 1.54) is 32.4 Å². The largest absolute Gasteiger partial charge is 0.384 e. The molecule has 0 spiro atoms. The van der Waals surface area contributed by atoms with Crippen LogP contribution in [0.3, 0.4) is 0 Å². The summed E-state index contributed by atoms with van der Waals surface area (Å²) < 4.78 is 6.81. The molecule has 1 N–H and O–H groups in total. The van der Waals surface area contributed by atoms with Crippen LogP contribution in [0, 0.1) is 5.92 Å². The van der Waals surface area contributed by atoms with Crippen LogP contribution in [0.2, 0.25) is 0 Å². The number of carbonyl (C=O) groups excluding carboxylic acids is 1. The van der Waals surface area contributed by atoms with Crippen LogP contribution in [0.5, 0.6) is 0 Å². The lowest BCUT2D eigenvalue weighted by atomic mass is 10.1. The molecule has 2 fully saturated rings. The fraction of sp³-hybridized carbons (Fsp3) is 0.778. The minimum absolute atomic E-state index is 0.0116. The van der Waals surface area contributed by atoms with Gasteiger partial charge in [-0.25, -0.2) is 4.79 Å². The molecule has 2 saturated heterocycles. The average molecular weight is 349 g/mol. The molecular weight excluding hydrogens is 318 g/mol. The van der Waals surface area contributed by atoms with E-state index in [0.29, 0.717) is 12.5 Å². The SMILES string of the molecule is COCCc1cc(NC(=O)N2CCC(CN3CCCCC3)C2)n(C)n1. The van der Waals surface area contributed by atoms with Gasteiger partial charge in [0.2, 0.25) is 0 Å². The predicted octanol–water partition coefficient (Wildman–Crippen LogP) is 1.95. The van der Waals surface area contributed by atoms with Crippen molar-refractivity contribution in [1.82, 2.24) is 19.6 Å². The number of hydrogen-bond acceptors (Lipinski definition) is 4. The maximum Gasteiger partial charge on any atom is 0.323 e. The topological polar surface area (TPSA) is 62.6 Å². The molecule has 2 aliphatic rings. The Labute approximate surface area is 150 Å². The lowest BCUT2D eigenvalue weighted by molar-refractivity contribution is 0.192. The van der Waals surface area contributed by atoms with E-state index in [2.05, 4.69) is 15.3 Å². The van der Waals surface area contributed by atoms with E-state index in [1.807, 2.05) is 18.0 Å². The Kier molecular flexibility index (Phi) is 6.31. The highest BCUT2D eigenvalue weighted by Crippen LogP contribution is 2.21. The van der Waals surface area contributed by atoms with E-state index < -0.39 is 0 Å². The van der Waals surface area contributed by atoms with E-state index in [-0.39, 0.29) is 6.03 Å². The summed E-state index contributed by atoms with van der Waals surface area (Å²) in [6.45, 7) is 5.92. The zero-order valence-corrected chi connectivity index (χ0v) is 15.5. The average Bonchev–Trinajstić information content (AvgIpc) is 3.21. The van der Waals surface area contributed by atoms with Crippen molar-refractivity contribution in [3.05, 3.63) is 11.8 Å². The van der Waals surface area contributed by atoms with E-state index in [9.17, 15) is 4.79 Å². The van der Waals surface area contributed by atoms with Gasteiger partial charge in [-0.1, -0.05) is 6.42 Å². The molecule has 2 amide bonds. The molecule has 0 radical (unpaired) electrons. The number of nitrogens with one attached hydrogen (secondary N) is 1. The van der Waals surface area contributed by atoms with Crippen molar-refractivity contribution in [3.8, 4) is 0 Å². The lowest BCUT2D eigenvalue weighted by Gasteiger charge is -2.29. The van der Waals surface area contributed by atoms with Crippen molar-refractivity contribution in [2.24, 2.45) is 13.0 Å². The normalized spacial score (nSPS) is 21.7. The molecule has 0 bridgehead atoms. The van der Waals surface area contributed by atoms with E-state index >= 15 is 0 Å². The number of hydrogen-bond donors (Lipinski definition) is 1. The number of methoxy groups -OCH3 is 1. The van der Waals surface area contributed by atoms with Crippen LogP contribution < -0.4 is 5.32 Å². The number of aromatic nitrogens is 2. The molecular formula is C18H31N5O2. The van der Waals surface area contributed by atoms with E-state index in [1.54, 1.807) is 11.8 Å². The predicted molar refractivity (Wildman–Crippen MR) is 97.8 cm³/mol. The van der Waals surface area contributed by atoms with Crippen molar-refractivity contribution >= 4 is 11.8 Å². The standard InChI is InChI=1S/C18H31N5O2/c1-21-17(12-16(20-21)7-11-25-2)19-18(24)23-10-6-15(14-23)13-22-8-4-3-5-9-22/h12,15H,3-11,13-14H2,1-2H3,(H,19,24). The number of piperidine rings is 1. The second-order valence-electron chi connectivity index (χ2n) is 7.28. The monoisotopic (exact) mass is 349 g/mol. The van der Waals surface area contributed by atoms with Gasteiger partial charge in [0.1, 0.15) is 5.82 Å². The van der Waals surface area contributed by atoms with Gasteiger partial charge in [0, 0.05) is 46.3 Å². The van der Waals surface area contributed by atoms with Crippen LogP contribution in [0.1, 0.15) is 31.4 Å². The Morgan fingerprint density at radius 1 is 1.32 bits per heavy atom. The summed E-state index contributed by atoms with van der Waals surface area (Å²) in [6.07, 6.45) is 5.87. The van der Waals surface area contributed by atoms with Crippen LogP contribution >= 0.6 is 0 Å². The van der Waals surface area contributed by atoms with Crippen LogP contribution in [0.15, 0.2) is 6.07 Å². The van der Waals surface area contributed by atoms with Gasteiger partial charge in [-0.2, -0.15) is 5.10 Å². The number of aryl methyl sites for hydroxylation is 1. The van der Waals surface area contributed by atoms with Gasteiger partial charge in [0.15, 0.2) is 0 Å². The molecule has 1 aromatic rings. The first-order valence-corrected chi connectivity index (χ1v) is 9.46. The highest BCUT2D eigenvalue weighted by Gasteiger charge is 2.28. The molecule has 1 aromatic heterocycles. The molecule has 0 saturated carbocycles. The van der Waals surface area contributed by atoms with Crippen molar-refractivity contribution in [2.45, 2.75) is 32.1 Å². The quantitative estimate of drug-likeness (QED) is 0.853. The number of urea groups is 1. The third-order valence-electron chi connectivity index (χ3n) is 5.27. The number of likely N-dealkylation sites (tertiary alicyclic amines) is 2. The summed E-state index contributed by atoms with van der Waals surface area (Å²) in [5.41, 5.74) is 0.934. The Hall–Kier alpha value is -1.60. The highest BCUT2D eigenvalue weighted by molar-refractivity contribution is 5.88. The smallest absolute Gasteiger partial charge is 0.323 e. The number of rotatable bonds is 6. The third-order valence-corrected chi connectivity index (χ3v) is 5.27. The maximum absolute atomic E-state index is 12.6. The molecule has 140 valence electrons. The van der Waals surface area contributed by atoms with Gasteiger partial charge in [-0.15, -0.1) is 0 Å². The van der Waals surface area contributed by atoms with Crippen molar-refractivity contribution in [3.63, 3.8) is 0 Å². The van der Waals surface area contributed by atoms with Gasteiger partial charge >= 0.3 is 6.03 Å². The molecule has 3 heterocycles. The Balaban J connectivity index is 1.48. The zero-order valence-electron chi connectivity index (χ0n) is 15.5. The van der Waals surface area contributed by atoms with Crippen molar-refractivity contribution in [1.29, 1.82) is 0 Å². The molecule has 0 aromatic carbocycles. The molecule has 25 heavy (non-hydrogen) atoms. The Morgan fingerprint density at radius 2 is 2.12 bits per heavy atom. The molecule has 2 aliphatic heterocycles. The van der Waals surface area contributed by atoms with Crippen LogP contribution in [0.4, 0.5) is 10.6 Å². The van der Waals surface area contributed by atoms with Crippen molar-refractivity contribution in [2.75, 3.05) is 51.8 Å². The van der Waals surface area contributed by atoms with E-state index in [4.69, 9.17) is 4.74 Å². The number of nitrogens with zero attached hydrogens (tertiary/aromatic N) is 4. The molecule has 1 atom stereocenters. The summed E-state index contributed by atoms with van der Waals surface area (Å²) in [5.74, 6) is 1.35. The van der Waals surface area contributed by atoms with Crippen LogP contribution in [-0.4, -0.2) is 72.1 Å². The first-order chi connectivity index (χ1) is 12.2. The van der Waals surface area contributed by atoms with Gasteiger partial charge in [0.05, 0.1) is 12.3 Å². The second kappa shape index (κ2) is 8.67. The van der Waals surface area contributed by atoms with Crippen LogP contribution in [0.25, 0.3) is 0 Å². The summed E-state index contributed by atoms with van der Waals surface area (Å²) in [5, 5.41) is 7.42. The molecule has 3 rings (SSSR count). The number of carbonyl (C=O) groups is 1. The highest BCUT2D eigenvalue weighted by atomic mass is 16.5. The molecule has 7 heteroatoms. The first kappa shape index (κ1) is 18.2. The summed E-state index contributed by atoms with van der Waals surface area (Å²) in [7, 11) is 3.54. The molecule has 7 nitrogen and oxygen atoms in total. The lowest BCUT2D eigenvalue weighted by Crippen LogP contribution is -2.37. The third kappa shape index (κ3) is 4.95. The molecule has 0 aliphatic carbocycles. The first-order valence-electron chi connectivity index (χ1n) is 9.46. The zero-order chi connectivity index (χ0) is 17.6.